The van der Waals surface area contributed by atoms with Crippen LogP contribution in [-0.2, 0) is 4.79 Å². The van der Waals surface area contributed by atoms with Gasteiger partial charge in [0.15, 0.2) is 5.78 Å². The number of carbonyl (C=O) groups excluding carboxylic acids is 1. The van der Waals surface area contributed by atoms with Crippen molar-refractivity contribution in [3.63, 3.8) is 0 Å². The summed E-state index contributed by atoms with van der Waals surface area (Å²) < 4.78 is 0. The second-order valence-corrected chi connectivity index (χ2v) is 8.70. The maximum absolute atomic E-state index is 13.5. The van der Waals surface area contributed by atoms with Crippen LogP contribution in [0, 0.1) is 17.8 Å². The van der Waals surface area contributed by atoms with Crippen LogP contribution in [0.4, 0.5) is 0 Å². The summed E-state index contributed by atoms with van der Waals surface area (Å²) in [5.74, 6) is 0.634. The summed E-state index contributed by atoms with van der Waals surface area (Å²) in [6, 6.07) is 8.90. The lowest BCUT2D eigenvalue weighted by atomic mass is 9.57. The van der Waals surface area contributed by atoms with E-state index < -0.39 is 0 Å². The van der Waals surface area contributed by atoms with E-state index in [1.54, 1.807) is 9.80 Å². The highest BCUT2D eigenvalue weighted by atomic mass is 16.1. The van der Waals surface area contributed by atoms with Gasteiger partial charge in [-0.05, 0) is 31.4 Å². The standard InChI is InChI=1S/C21H30N2O/c1-4-10-20-12-22-14-21(11-5-2,19(20)24)15-23(13-20)18(22)17-9-7-6-8-16(17)3/h6-9,18H,4-5,10-15H2,1-3H3/p+2. The number of quaternary nitrogens is 2. The number of piperidine rings is 2. The fraction of sp³-hybridized carbons (Fsp3) is 0.667. The smallest absolute Gasteiger partial charge is 0.240 e. The fourth-order valence-corrected chi connectivity index (χ4v) is 6.46. The molecule has 0 radical (unpaired) electrons. The molecule has 0 atom stereocenters. The summed E-state index contributed by atoms with van der Waals surface area (Å²) in [5, 5.41) is 0. The first kappa shape index (κ1) is 16.3. The third kappa shape index (κ3) is 2.14. The summed E-state index contributed by atoms with van der Waals surface area (Å²) in [6.07, 6.45) is 4.97. The van der Waals surface area contributed by atoms with E-state index in [9.17, 15) is 4.79 Å². The molecule has 4 fully saturated rings. The predicted molar refractivity (Wildman–Crippen MR) is 95.0 cm³/mol. The van der Waals surface area contributed by atoms with Gasteiger partial charge in [0.05, 0.1) is 5.56 Å². The van der Waals surface area contributed by atoms with Gasteiger partial charge in [-0.15, -0.1) is 0 Å². The van der Waals surface area contributed by atoms with E-state index in [1.807, 2.05) is 0 Å². The number of aryl methyl sites for hydroxylation is 1. The van der Waals surface area contributed by atoms with Gasteiger partial charge in [-0.25, -0.2) is 0 Å². The molecule has 1 aromatic carbocycles. The number of ketones is 1. The van der Waals surface area contributed by atoms with Gasteiger partial charge in [-0.2, -0.15) is 0 Å². The van der Waals surface area contributed by atoms with Crippen molar-refractivity contribution in [1.29, 1.82) is 0 Å². The molecule has 4 heterocycles. The maximum atomic E-state index is 13.5. The summed E-state index contributed by atoms with van der Waals surface area (Å²) in [6.45, 7) is 11.0. The van der Waals surface area contributed by atoms with Crippen molar-refractivity contribution < 1.29 is 14.6 Å². The molecular weight excluding hydrogens is 296 g/mol. The predicted octanol–water partition coefficient (Wildman–Crippen LogP) is 0.946. The molecule has 4 aliphatic rings. The Labute approximate surface area is 146 Å². The topological polar surface area (TPSA) is 26.0 Å². The molecule has 0 unspecified atom stereocenters. The molecule has 130 valence electrons. The van der Waals surface area contributed by atoms with Gasteiger partial charge >= 0.3 is 0 Å². The number of rotatable bonds is 5. The number of hydrogen-bond acceptors (Lipinski definition) is 1. The Balaban J connectivity index is 1.75. The lowest BCUT2D eigenvalue weighted by molar-refractivity contribution is -1.18. The molecule has 0 saturated carbocycles. The SMILES string of the molecule is CCCC12C[NH+]3CC(CCC)(C[NH+](C1)C3c1ccccc1C)C2=O. The van der Waals surface area contributed by atoms with Crippen LogP contribution in [-0.4, -0.2) is 32.0 Å². The molecule has 2 N–H and O–H groups in total. The average molecular weight is 329 g/mol. The fourth-order valence-electron chi connectivity index (χ4n) is 6.46. The van der Waals surface area contributed by atoms with Crippen LogP contribution in [0.5, 0.6) is 0 Å². The number of nitrogens with one attached hydrogen (secondary N) is 2. The number of benzene rings is 1. The van der Waals surface area contributed by atoms with Gasteiger partial charge in [-0.3, -0.25) is 14.6 Å². The lowest BCUT2D eigenvalue weighted by Gasteiger charge is -2.60. The van der Waals surface area contributed by atoms with Crippen LogP contribution in [0.3, 0.4) is 0 Å². The van der Waals surface area contributed by atoms with Crippen molar-refractivity contribution in [2.75, 3.05) is 26.2 Å². The second-order valence-electron chi connectivity index (χ2n) is 8.70. The largest absolute Gasteiger partial charge is 0.297 e. The minimum atomic E-state index is -0.0374. The van der Waals surface area contributed by atoms with E-state index in [-0.39, 0.29) is 10.8 Å². The molecule has 0 aliphatic carbocycles. The van der Waals surface area contributed by atoms with Crippen LogP contribution >= 0.6 is 0 Å². The van der Waals surface area contributed by atoms with Gasteiger partial charge < -0.3 is 0 Å². The highest BCUT2D eigenvalue weighted by Gasteiger charge is 2.70. The van der Waals surface area contributed by atoms with Gasteiger partial charge in [0.2, 0.25) is 6.17 Å². The second kappa shape index (κ2) is 5.67. The van der Waals surface area contributed by atoms with Gasteiger partial charge in [0, 0.05) is 0 Å². The molecule has 0 aromatic heterocycles. The molecular formula is C21H32N2O+2. The van der Waals surface area contributed by atoms with E-state index in [0.29, 0.717) is 11.9 Å². The zero-order valence-electron chi connectivity index (χ0n) is 15.5. The zero-order valence-corrected chi connectivity index (χ0v) is 15.5. The molecule has 4 saturated heterocycles. The molecule has 5 rings (SSSR count). The normalized spacial score (nSPS) is 40.3. The van der Waals surface area contributed by atoms with E-state index in [4.69, 9.17) is 0 Å². The quantitative estimate of drug-likeness (QED) is 0.827. The molecule has 0 spiro atoms. The summed E-state index contributed by atoms with van der Waals surface area (Å²) in [7, 11) is 0. The van der Waals surface area contributed by atoms with E-state index in [1.165, 1.54) is 11.1 Å². The minimum absolute atomic E-state index is 0.0374. The summed E-state index contributed by atoms with van der Waals surface area (Å²) in [5.41, 5.74) is 2.84. The van der Waals surface area contributed by atoms with Crippen molar-refractivity contribution in [3.05, 3.63) is 35.4 Å². The third-order valence-electron chi connectivity index (χ3n) is 7.00. The Morgan fingerprint density at radius 1 is 0.958 bits per heavy atom. The van der Waals surface area contributed by atoms with Gasteiger partial charge in [0.1, 0.15) is 37.0 Å². The van der Waals surface area contributed by atoms with Crippen molar-refractivity contribution in [2.24, 2.45) is 10.8 Å². The zero-order chi connectivity index (χ0) is 16.9. The van der Waals surface area contributed by atoms with E-state index in [0.717, 1.165) is 51.9 Å². The molecule has 24 heavy (non-hydrogen) atoms. The molecule has 0 amide bonds. The van der Waals surface area contributed by atoms with Crippen LogP contribution in [0.25, 0.3) is 0 Å². The Bertz CT molecular complexity index is 609. The van der Waals surface area contributed by atoms with Crippen LogP contribution in [0.1, 0.15) is 56.8 Å². The van der Waals surface area contributed by atoms with Crippen molar-refractivity contribution in [3.8, 4) is 0 Å². The average Bonchev–Trinajstić information content (AvgIpc) is 2.53. The molecule has 1 aromatic rings. The number of carbonyl (C=O) groups is 1. The monoisotopic (exact) mass is 328 g/mol. The van der Waals surface area contributed by atoms with Crippen molar-refractivity contribution in [1.82, 2.24) is 0 Å². The van der Waals surface area contributed by atoms with E-state index in [2.05, 4.69) is 45.0 Å². The van der Waals surface area contributed by atoms with Gasteiger partial charge in [-0.1, -0.05) is 44.9 Å². The van der Waals surface area contributed by atoms with E-state index >= 15 is 0 Å². The molecule has 3 heteroatoms. The molecule has 3 nitrogen and oxygen atoms in total. The summed E-state index contributed by atoms with van der Waals surface area (Å²) in [4.78, 5) is 16.8. The first-order chi connectivity index (χ1) is 11.6. The highest BCUT2D eigenvalue weighted by molar-refractivity contribution is 5.92. The Kier molecular flexibility index (Phi) is 3.85. The molecule has 4 bridgehead atoms. The Hall–Kier alpha value is -1.19. The minimum Gasteiger partial charge on any atom is -0.297 e. The first-order valence-electron chi connectivity index (χ1n) is 9.85. The number of hydrogen-bond donors (Lipinski definition) is 2. The number of Topliss-reactive ketones (excluding diaryl/α,β-unsaturated/α-hetero) is 1. The maximum Gasteiger partial charge on any atom is 0.240 e. The first-order valence-corrected chi connectivity index (χ1v) is 9.85. The lowest BCUT2D eigenvalue weighted by Crippen LogP contribution is -3.41. The van der Waals surface area contributed by atoms with Crippen LogP contribution < -0.4 is 9.80 Å². The Morgan fingerprint density at radius 2 is 1.46 bits per heavy atom. The van der Waals surface area contributed by atoms with Crippen LogP contribution in [0.2, 0.25) is 0 Å². The Morgan fingerprint density at radius 3 is 1.92 bits per heavy atom. The van der Waals surface area contributed by atoms with Gasteiger partial charge in [0.25, 0.3) is 0 Å². The van der Waals surface area contributed by atoms with Crippen molar-refractivity contribution >= 4 is 5.78 Å². The van der Waals surface area contributed by atoms with Crippen LogP contribution in [0.15, 0.2) is 24.3 Å². The van der Waals surface area contributed by atoms with Crippen molar-refractivity contribution in [2.45, 2.75) is 52.6 Å². The third-order valence-corrected chi connectivity index (χ3v) is 7.00. The highest BCUT2D eigenvalue weighted by Crippen LogP contribution is 2.42. The summed E-state index contributed by atoms with van der Waals surface area (Å²) >= 11 is 0. The molecule has 4 aliphatic heterocycles.